The van der Waals surface area contributed by atoms with Crippen molar-refractivity contribution in [1.82, 2.24) is 0 Å². The van der Waals surface area contributed by atoms with Crippen molar-refractivity contribution in [3.8, 4) is 11.5 Å². The van der Waals surface area contributed by atoms with Gasteiger partial charge in [0.05, 0.1) is 16.2 Å². The zero-order valence-electron chi connectivity index (χ0n) is 7.30. The molecule has 0 aromatic heterocycles. The van der Waals surface area contributed by atoms with Crippen LogP contribution in [-0.4, -0.2) is 18.0 Å². The van der Waals surface area contributed by atoms with Crippen LogP contribution >= 0.6 is 22.6 Å². The number of phenols is 1. The molecule has 0 saturated heterocycles. The number of carbonyl (C=O) groups excluding carboxylic acids is 1. The van der Waals surface area contributed by atoms with Gasteiger partial charge in [-0.3, -0.25) is 4.79 Å². The predicted octanol–water partition coefficient (Wildman–Crippen LogP) is 2.21. The largest absolute Gasteiger partial charge is 0.506 e. The number of ether oxygens (including phenoxy) is 1. The Kier molecular flexibility index (Phi) is 3.13. The van der Waals surface area contributed by atoms with Crippen LogP contribution in [0.15, 0.2) is 12.1 Å². The van der Waals surface area contributed by atoms with Crippen LogP contribution in [-0.2, 0) is 0 Å². The third-order valence-corrected chi connectivity index (χ3v) is 2.72. The fraction of sp³-hybridized carbons (Fsp3) is 0.222. The van der Waals surface area contributed by atoms with Gasteiger partial charge in [-0.1, -0.05) is 0 Å². The average molecular weight is 292 g/mol. The molecule has 1 aromatic rings. The van der Waals surface area contributed by atoms with Gasteiger partial charge in [-0.15, -0.1) is 0 Å². The minimum Gasteiger partial charge on any atom is -0.506 e. The number of halogens is 1. The number of hydrogen-bond acceptors (Lipinski definition) is 3. The van der Waals surface area contributed by atoms with Gasteiger partial charge in [-0.2, -0.15) is 0 Å². The third-order valence-electron chi connectivity index (χ3n) is 1.68. The predicted molar refractivity (Wildman–Crippen MR) is 57.4 cm³/mol. The van der Waals surface area contributed by atoms with E-state index in [1.54, 1.807) is 12.1 Å². The van der Waals surface area contributed by atoms with Crippen LogP contribution in [0.2, 0.25) is 0 Å². The zero-order valence-corrected chi connectivity index (χ0v) is 9.45. The lowest BCUT2D eigenvalue weighted by Crippen LogP contribution is -1.96. The Morgan fingerprint density at radius 3 is 2.62 bits per heavy atom. The normalized spacial score (nSPS) is 9.77. The first-order valence-corrected chi connectivity index (χ1v) is 4.72. The summed E-state index contributed by atoms with van der Waals surface area (Å²) in [7, 11) is 1.52. The van der Waals surface area contributed by atoms with Crippen LogP contribution in [0.3, 0.4) is 0 Å². The van der Waals surface area contributed by atoms with Gasteiger partial charge in [0.2, 0.25) is 0 Å². The fourth-order valence-electron chi connectivity index (χ4n) is 0.988. The van der Waals surface area contributed by atoms with Gasteiger partial charge in [-0.25, -0.2) is 0 Å². The van der Waals surface area contributed by atoms with E-state index in [4.69, 9.17) is 4.74 Å². The molecule has 0 aliphatic carbocycles. The smallest absolute Gasteiger partial charge is 0.163 e. The number of phenolic OH excluding ortho intramolecular Hbond substituents is 1. The first-order valence-electron chi connectivity index (χ1n) is 3.64. The Hall–Kier alpha value is -0.780. The first-order chi connectivity index (χ1) is 6.07. The van der Waals surface area contributed by atoms with E-state index < -0.39 is 0 Å². The molecule has 1 aromatic carbocycles. The molecule has 1 N–H and O–H groups in total. The average Bonchev–Trinajstić information content (AvgIpc) is 2.09. The minimum atomic E-state index is -0.155. The van der Waals surface area contributed by atoms with Crippen molar-refractivity contribution in [2.24, 2.45) is 0 Å². The Labute approximate surface area is 89.9 Å². The third kappa shape index (κ3) is 1.93. The molecule has 0 spiro atoms. The molecule has 0 radical (unpaired) electrons. The van der Waals surface area contributed by atoms with Gasteiger partial charge in [0.1, 0.15) is 11.5 Å². The number of ketones is 1. The van der Waals surface area contributed by atoms with Crippen molar-refractivity contribution in [2.45, 2.75) is 6.92 Å². The number of benzene rings is 1. The summed E-state index contributed by atoms with van der Waals surface area (Å²) in [5, 5.41) is 9.57. The molecule has 0 aliphatic heterocycles. The Morgan fingerprint density at radius 2 is 2.15 bits per heavy atom. The number of methoxy groups -OCH3 is 1. The van der Waals surface area contributed by atoms with Gasteiger partial charge in [0, 0.05) is 0 Å². The molecule has 0 unspecified atom stereocenters. The first kappa shape index (κ1) is 10.3. The molecule has 3 nitrogen and oxygen atoms in total. The molecule has 0 amide bonds. The highest BCUT2D eigenvalue weighted by atomic mass is 127. The van der Waals surface area contributed by atoms with E-state index >= 15 is 0 Å². The van der Waals surface area contributed by atoms with Gasteiger partial charge >= 0.3 is 0 Å². The van der Waals surface area contributed by atoms with Crippen molar-refractivity contribution in [3.63, 3.8) is 0 Å². The lowest BCUT2D eigenvalue weighted by atomic mass is 10.1. The van der Waals surface area contributed by atoms with E-state index in [0.29, 0.717) is 14.9 Å². The molecule has 1 rings (SSSR count). The standard InChI is InChI=1S/C9H9IO3/c1-5(11)6-3-4-7(13-2)8(10)9(6)12/h3-4,12H,1-2H3. The summed E-state index contributed by atoms with van der Waals surface area (Å²) in [5.74, 6) is 0.411. The second-order valence-electron chi connectivity index (χ2n) is 2.53. The summed E-state index contributed by atoms with van der Waals surface area (Å²) >= 11 is 1.94. The monoisotopic (exact) mass is 292 g/mol. The highest BCUT2D eigenvalue weighted by Gasteiger charge is 2.13. The minimum absolute atomic E-state index is 0.00699. The molecule has 0 fully saturated rings. The van der Waals surface area contributed by atoms with Gasteiger partial charge in [0.15, 0.2) is 5.78 Å². The number of carbonyl (C=O) groups is 1. The Morgan fingerprint density at radius 1 is 1.54 bits per heavy atom. The molecule has 0 aliphatic rings. The zero-order chi connectivity index (χ0) is 10.0. The molecular weight excluding hydrogens is 283 g/mol. The summed E-state index contributed by atoms with van der Waals surface area (Å²) in [6.45, 7) is 1.41. The van der Waals surface area contributed by atoms with Crippen LogP contribution in [0.4, 0.5) is 0 Å². The number of aromatic hydroxyl groups is 1. The molecule has 4 heteroatoms. The summed E-state index contributed by atoms with van der Waals surface area (Å²) in [6, 6.07) is 3.22. The maximum Gasteiger partial charge on any atom is 0.163 e. The SMILES string of the molecule is COc1ccc(C(C)=O)c(O)c1I. The molecule has 0 heterocycles. The van der Waals surface area contributed by atoms with Gasteiger partial charge < -0.3 is 9.84 Å². The molecule has 0 bridgehead atoms. The topological polar surface area (TPSA) is 46.5 Å². The van der Waals surface area contributed by atoms with E-state index in [1.807, 2.05) is 22.6 Å². The lowest BCUT2D eigenvalue weighted by Gasteiger charge is -2.07. The van der Waals surface area contributed by atoms with Crippen LogP contribution in [0, 0.1) is 3.57 Å². The van der Waals surface area contributed by atoms with Crippen LogP contribution in [0.5, 0.6) is 11.5 Å². The van der Waals surface area contributed by atoms with E-state index in [2.05, 4.69) is 0 Å². The maximum atomic E-state index is 11.0. The highest BCUT2D eigenvalue weighted by molar-refractivity contribution is 14.1. The Bertz CT molecular complexity index is 347. The molecule has 13 heavy (non-hydrogen) atoms. The number of Topliss-reactive ketones (excluding diaryl/α,β-unsaturated/α-hetero) is 1. The van der Waals surface area contributed by atoms with Crippen molar-refractivity contribution in [1.29, 1.82) is 0 Å². The van der Waals surface area contributed by atoms with Crippen LogP contribution in [0.1, 0.15) is 17.3 Å². The van der Waals surface area contributed by atoms with E-state index in [0.717, 1.165) is 0 Å². The lowest BCUT2D eigenvalue weighted by molar-refractivity contribution is 0.101. The summed E-state index contributed by atoms with van der Waals surface area (Å²) in [5.41, 5.74) is 0.324. The highest BCUT2D eigenvalue weighted by Crippen LogP contribution is 2.32. The second-order valence-corrected chi connectivity index (χ2v) is 3.61. The number of rotatable bonds is 2. The second kappa shape index (κ2) is 3.95. The van der Waals surface area contributed by atoms with Gasteiger partial charge in [0.25, 0.3) is 0 Å². The number of hydrogen-bond donors (Lipinski definition) is 1. The fourth-order valence-corrected chi connectivity index (χ4v) is 1.68. The molecular formula is C9H9IO3. The summed E-state index contributed by atoms with van der Waals surface area (Å²) in [4.78, 5) is 11.0. The Balaban J connectivity index is 3.31. The van der Waals surface area contributed by atoms with Crippen LogP contribution in [0.25, 0.3) is 0 Å². The maximum absolute atomic E-state index is 11.0. The van der Waals surface area contributed by atoms with Crippen LogP contribution < -0.4 is 4.74 Å². The van der Waals surface area contributed by atoms with E-state index in [9.17, 15) is 9.90 Å². The quantitative estimate of drug-likeness (QED) is 0.671. The summed E-state index contributed by atoms with van der Waals surface area (Å²) in [6.07, 6.45) is 0. The van der Waals surface area contributed by atoms with E-state index in [-0.39, 0.29) is 11.5 Å². The van der Waals surface area contributed by atoms with Crippen molar-refractivity contribution in [3.05, 3.63) is 21.3 Å². The van der Waals surface area contributed by atoms with Gasteiger partial charge in [-0.05, 0) is 41.6 Å². The van der Waals surface area contributed by atoms with Crippen molar-refractivity contribution >= 4 is 28.4 Å². The molecule has 0 atom stereocenters. The molecule has 0 saturated carbocycles. The van der Waals surface area contributed by atoms with Crippen molar-refractivity contribution in [2.75, 3.05) is 7.11 Å². The summed E-state index contributed by atoms with van der Waals surface area (Å²) < 4.78 is 5.54. The van der Waals surface area contributed by atoms with E-state index in [1.165, 1.54) is 14.0 Å². The van der Waals surface area contributed by atoms with Crippen molar-refractivity contribution < 1.29 is 14.6 Å². The molecule has 70 valence electrons.